The second kappa shape index (κ2) is 26.7. The molecule has 0 fully saturated rings. The molecule has 0 aliphatic heterocycles. The minimum atomic E-state index is -5.71. The average Bonchev–Trinajstić information content (AvgIpc) is 3.16. The van der Waals surface area contributed by atoms with E-state index in [-0.39, 0.29) is 0 Å². The molecule has 61 heavy (non-hydrogen) atoms. The first-order chi connectivity index (χ1) is 28.7. The van der Waals surface area contributed by atoms with E-state index in [2.05, 4.69) is 78.9 Å². The Kier molecular flexibility index (Phi) is 25.1. The number of hydrogen-bond acceptors (Lipinski definition) is 9. The van der Waals surface area contributed by atoms with Gasteiger partial charge in [0.1, 0.15) is 0 Å². The summed E-state index contributed by atoms with van der Waals surface area (Å²) in [5.41, 5.74) is 0. The van der Waals surface area contributed by atoms with Crippen molar-refractivity contribution in [3.63, 3.8) is 0 Å². The summed E-state index contributed by atoms with van der Waals surface area (Å²) >= 11 is 0. The van der Waals surface area contributed by atoms with Gasteiger partial charge in [-0.3, -0.25) is 13.6 Å². The zero-order chi connectivity index (χ0) is 47.1. The molecule has 344 valence electrons. The molecule has 0 radical (unpaired) electrons. The van der Waals surface area contributed by atoms with E-state index in [0.29, 0.717) is 29.4 Å². The summed E-state index contributed by atoms with van der Waals surface area (Å²) in [5.74, 6) is -12.0. The SMILES string of the molecule is C=CCN(CC=C)C(OP(OC(N(CC=C)CC=C)(N(CC=C)CC=C)C(F)(F)F)OC(N(CC=C)CC=C)(N(CC=C)CC=C)C(F)(F)F)(N(CC=C)CC=C)C(F)(F)F. The highest BCUT2D eigenvalue weighted by Crippen LogP contribution is 2.61. The highest BCUT2D eigenvalue weighted by Gasteiger charge is 2.72. The molecule has 0 saturated heterocycles. The van der Waals surface area contributed by atoms with E-state index < -0.39 is 123 Å². The second-order valence-corrected chi connectivity index (χ2v) is 13.7. The van der Waals surface area contributed by atoms with Crippen molar-refractivity contribution in [3.8, 4) is 0 Å². The van der Waals surface area contributed by atoms with Crippen LogP contribution >= 0.6 is 8.60 Å². The molecule has 0 N–H and O–H groups in total. The fourth-order valence-electron chi connectivity index (χ4n) is 6.35. The Morgan fingerprint density at radius 2 is 0.393 bits per heavy atom. The third-order valence-corrected chi connectivity index (χ3v) is 9.69. The maximum atomic E-state index is 16.4. The van der Waals surface area contributed by atoms with Crippen molar-refractivity contribution in [1.29, 1.82) is 0 Å². The first-order valence-corrected chi connectivity index (χ1v) is 19.6. The predicted octanol–water partition coefficient (Wildman–Crippen LogP) is 9.96. The topological polar surface area (TPSA) is 47.1 Å². The molecular formula is C42H60F9N6O3P. The van der Waals surface area contributed by atoms with Gasteiger partial charge >= 0.3 is 27.1 Å². The molecule has 0 aliphatic carbocycles. The molecule has 0 rings (SSSR count). The van der Waals surface area contributed by atoms with Crippen molar-refractivity contribution in [3.05, 3.63) is 152 Å². The highest BCUT2D eigenvalue weighted by molar-refractivity contribution is 7.41. The van der Waals surface area contributed by atoms with Crippen LogP contribution < -0.4 is 0 Å². The third-order valence-electron chi connectivity index (χ3n) is 8.48. The lowest BCUT2D eigenvalue weighted by Gasteiger charge is -2.55. The molecule has 0 unspecified atom stereocenters. The average molecular weight is 899 g/mol. The Hall–Kier alpha value is -3.68. The maximum Gasteiger partial charge on any atom is 0.447 e. The quantitative estimate of drug-likeness (QED) is 0.0265. The Labute approximate surface area is 357 Å². The molecule has 0 aromatic heterocycles. The first kappa shape index (κ1) is 57.3. The van der Waals surface area contributed by atoms with E-state index in [1.165, 1.54) is 0 Å². The molecule has 0 heterocycles. The van der Waals surface area contributed by atoms with Crippen molar-refractivity contribution in [2.45, 2.75) is 36.1 Å². The van der Waals surface area contributed by atoms with E-state index in [4.69, 9.17) is 13.6 Å². The van der Waals surface area contributed by atoms with Gasteiger partial charge in [-0.05, 0) is 0 Å². The van der Waals surface area contributed by atoms with Gasteiger partial charge in [0.05, 0.1) is 0 Å². The van der Waals surface area contributed by atoms with Crippen LogP contribution in [0.1, 0.15) is 0 Å². The van der Waals surface area contributed by atoms with Crippen LogP contribution in [0.4, 0.5) is 39.5 Å². The summed E-state index contributed by atoms with van der Waals surface area (Å²) in [7, 11) is -4.66. The van der Waals surface area contributed by atoms with Gasteiger partial charge < -0.3 is 0 Å². The van der Waals surface area contributed by atoms with E-state index in [0.717, 1.165) is 72.9 Å². The van der Waals surface area contributed by atoms with Crippen molar-refractivity contribution >= 4 is 8.60 Å². The summed E-state index contributed by atoms with van der Waals surface area (Å²) < 4.78 is 166. The second-order valence-electron chi connectivity index (χ2n) is 12.7. The largest absolute Gasteiger partial charge is 0.447 e. The summed E-state index contributed by atoms with van der Waals surface area (Å²) in [6, 6.07) is 0. The molecule has 0 aromatic rings. The predicted molar refractivity (Wildman–Crippen MR) is 228 cm³/mol. The standard InChI is InChI=1S/C42H60F9N6O3P/c1-13-25-52(26-14-2)40(37(43,44)45,53(27-15-3)28-16-4)58-61(59-41(38(46,47)48,54(29-17-5)30-18-6)55(31-19-7)32-20-8)60-42(39(49,50)51,56(33-21-9)34-22-10)57(35-23-11)36-24-12/h13-24H,1-12,25-36H2. The molecule has 0 spiro atoms. The Morgan fingerprint density at radius 1 is 0.279 bits per heavy atom. The van der Waals surface area contributed by atoms with Crippen LogP contribution in [0.5, 0.6) is 0 Å². The lowest BCUT2D eigenvalue weighted by Crippen LogP contribution is -2.73. The molecule has 0 saturated carbocycles. The van der Waals surface area contributed by atoms with Gasteiger partial charge in [-0.2, -0.15) is 39.5 Å². The van der Waals surface area contributed by atoms with E-state index in [9.17, 15) is 0 Å². The van der Waals surface area contributed by atoms with Crippen molar-refractivity contribution in [1.82, 2.24) is 29.4 Å². The van der Waals surface area contributed by atoms with Crippen molar-refractivity contribution in [2.75, 3.05) is 78.5 Å². The molecule has 0 amide bonds. The maximum absolute atomic E-state index is 16.4. The zero-order valence-corrected chi connectivity index (χ0v) is 35.6. The van der Waals surface area contributed by atoms with Gasteiger partial charge in [0.2, 0.25) is 0 Å². The molecular weight excluding hydrogens is 838 g/mol. The number of nitrogens with zero attached hydrogens (tertiary/aromatic N) is 6. The third kappa shape index (κ3) is 13.7. The smallest absolute Gasteiger partial charge is 0.266 e. The van der Waals surface area contributed by atoms with E-state index in [1.54, 1.807) is 0 Å². The highest BCUT2D eigenvalue weighted by atomic mass is 31.2. The lowest BCUT2D eigenvalue weighted by atomic mass is 10.2. The van der Waals surface area contributed by atoms with Crippen LogP contribution in [0, 0.1) is 0 Å². The number of rotatable bonds is 36. The van der Waals surface area contributed by atoms with Gasteiger partial charge in [-0.25, -0.2) is 29.4 Å². The summed E-state index contributed by atoms with van der Waals surface area (Å²) in [6.07, 6.45) is -4.87. The lowest BCUT2D eigenvalue weighted by molar-refractivity contribution is -0.392. The van der Waals surface area contributed by atoms with Crippen LogP contribution in [0.15, 0.2) is 152 Å². The summed E-state index contributed by atoms with van der Waals surface area (Å²) in [4.78, 5) is 3.25. The zero-order valence-electron chi connectivity index (χ0n) is 34.7. The Balaban J connectivity index is 9.78. The fourth-order valence-corrected chi connectivity index (χ4v) is 8.09. The van der Waals surface area contributed by atoms with Gasteiger partial charge in [0.25, 0.3) is 17.5 Å². The van der Waals surface area contributed by atoms with Crippen LogP contribution in [0.2, 0.25) is 0 Å². The number of halogens is 9. The molecule has 9 nitrogen and oxygen atoms in total. The molecule has 0 atom stereocenters. The van der Waals surface area contributed by atoms with Crippen LogP contribution in [-0.2, 0) is 13.6 Å². The van der Waals surface area contributed by atoms with Crippen LogP contribution in [-0.4, -0.2) is 144 Å². The Bertz CT molecular complexity index is 1180. The monoisotopic (exact) mass is 898 g/mol. The first-order valence-electron chi connectivity index (χ1n) is 18.5. The molecule has 19 heteroatoms. The van der Waals surface area contributed by atoms with E-state index in [1.807, 2.05) is 0 Å². The van der Waals surface area contributed by atoms with Gasteiger partial charge in [-0.15, -0.1) is 78.9 Å². The van der Waals surface area contributed by atoms with E-state index >= 15 is 39.5 Å². The van der Waals surface area contributed by atoms with Crippen molar-refractivity contribution < 1.29 is 53.1 Å². The fraction of sp³-hybridized carbons (Fsp3) is 0.429. The van der Waals surface area contributed by atoms with Crippen LogP contribution in [0.3, 0.4) is 0 Å². The molecule has 0 aromatic carbocycles. The van der Waals surface area contributed by atoms with Gasteiger partial charge in [0, 0.05) is 78.5 Å². The normalized spacial score (nSPS) is 13.2. The summed E-state index contributed by atoms with van der Waals surface area (Å²) in [5, 5.41) is 0. The molecule has 0 aliphatic rings. The minimum absolute atomic E-state index is 0.541. The van der Waals surface area contributed by atoms with Gasteiger partial charge in [-0.1, -0.05) is 72.9 Å². The number of hydrogen-bond donors (Lipinski definition) is 0. The number of alkyl halides is 9. The molecule has 0 bridgehead atoms. The van der Waals surface area contributed by atoms with Crippen molar-refractivity contribution in [2.24, 2.45) is 0 Å². The van der Waals surface area contributed by atoms with Gasteiger partial charge in [0.15, 0.2) is 0 Å². The Morgan fingerprint density at radius 3 is 0.475 bits per heavy atom. The summed E-state index contributed by atoms with van der Waals surface area (Å²) in [6.45, 7) is 33.8. The minimum Gasteiger partial charge on any atom is -0.266 e. The van der Waals surface area contributed by atoms with Crippen LogP contribution in [0.25, 0.3) is 0 Å².